The summed E-state index contributed by atoms with van der Waals surface area (Å²) in [5.41, 5.74) is 2.03. The van der Waals surface area contributed by atoms with E-state index in [1.165, 1.54) is 6.07 Å². The molecule has 3 rings (SSSR count). The lowest BCUT2D eigenvalue weighted by atomic mass is 10.0. The second-order valence-electron chi connectivity index (χ2n) is 5.56. The van der Waals surface area contributed by atoms with Gasteiger partial charge in [-0.1, -0.05) is 25.1 Å². The van der Waals surface area contributed by atoms with Crippen LogP contribution in [-0.4, -0.2) is 22.3 Å². The van der Waals surface area contributed by atoms with E-state index in [9.17, 15) is 14.9 Å². The van der Waals surface area contributed by atoms with Gasteiger partial charge in [-0.05, 0) is 40.5 Å². The minimum absolute atomic E-state index is 0.0166. The van der Waals surface area contributed by atoms with E-state index < -0.39 is 11.1 Å². The average molecular weight is 390 g/mol. The van der Waals surface area contributed by atoms with Gasteiger partial charge in [0.1, 0.15) is 6.17 Å². The molecule has 0 aromatic heterocycles. The van der Waals surface area contributed by atoms with Gasteiger partial charge in [0.25, 0.3) is 11.6 Å². The standard InChI is InChI=1S/C17H16BrN3O3/c1-2-9-20-16(11-7-8-13(18)15(10-11)21(23)24)19-14-6-4-3-5-12(14)17(20)22/h3-8,10,16,19H,2,9H2,1H3/t16-/m0/s1. The van der Waals surface area contributed by atoms with E-state index in [1.807, 2.05) is 25.1 Å². The van der Waals surface area contributed by atoms with Gasteiger partial charge < -0.3 is 10.2 Å². The molecule has 0 aliphatic carbocycles. The zero-order valence-electron chi connectivity index (χ0n) is 13.0. The maximum Gasteiger partial charge on any atom is 0.283 e. The Morgan fingerprint density at radius 3 is 2.75 bits per heavy atom. The fraction of sp³-hybridized carbons (Fsp3) is 0.235. The Balaban J connectivity index is 2.07. The number of anilines is 1. The fourth-order valence-corrected chi connectivity index (χ4v) is 3.26. The molecule has 0 saturated heterocycles. The Bertz CT molecular complexity index is 809. The first kappa shape index (κ1) is 16.4. The van der Waals surface area contributed by atoms with E-state index in [0.29, 0.717) is 22.1 Å². The van der Waals surface area contributed by atoms with E-state index in [0.717, 1.165) is 12.1 Å². The van der Waals surface area contributed by atoms with Crippen LogP contribution in [0.2, 0.25) is 0 Å². The van der Waals surface area contributed by atoms with Crippen LogP contribution in [0.5, 0.6) is 0 Å². The van der Waals surface area contributed by atoms with Crippen LogP contribution in [0, 0.1) is 10.1 Å². The predicted molar refractivity (Wildman–Crippen MR) is 94.9 cm³/mol. The first-order valence-corrected chi connectivity index (χ1v) is 8.42. The molecule has 0 saturated carbocycles. The molecular weight excluding hydrogens is 374 g/mol. The smallest absolute Gasteiger partial charge is 0.283 e. The van der Waals surface area contributed by atoms with Crippen molar-refractivity contribution in [3.8, 4) is 0 Å². The largest absolute Gasteiger partial charge is 0.361 e. The highest BCUT2D eigenvalue weighted by molar-refractivity contribution is 9.10. The molecule has 1 amide bonds. The minimum Gasteiger partial charge on any atom is -0.361 e. The van der Waals surface area contributed by atoms with E-state index >= 15 is 0 Å². The Labute approximate surface area is 147 Å². The molecule has 0 unspecified atom stereocenters. The molecule has 124 valence electrons. The van der Waals surface area contributed by atoms with Gasteiger partial charge in [-0.3, -0.25) is 14.9 Å². The number of para-hydroxylation sites is 1. The third kappa shape index (κ3) is 2.87. The zero-order valence-corrected chi connectivity index (χ0v) is 14.6. The number of hydrogen-bond donors (Lipinski definition) is 1. The Morgan fingerprint density at radius 2 is 2.04 bits per heavy atom. The summed E-state index contributed by atoms with van der Waals surface area (Å²) in [6.45, 7) is 2.56. The SMILES string of the molecule is CCCN1C(=O)c2ccccc2N[C@@H]1c1ccc(Br)c([N+](=O)[O-])c1. The van der Waals surface area contributed by atoms with Crippen molar-refractivity contribution in [3.63, 3.8) is 0 Å². The Hall–Kier alpha value is -2.41. The van der Waals surface area contributed by atoms with Crippen LogP contribution in [-0.2, 0) is 0 Å². The van der Waals surface area contributed by atoms with E-state index in [1.54, 1.807) is 23.1 Å². The molecule has 1 aliphatic heterocycles. The maximum absolute atomic E-state index is 12.8. The summed E-state index contributed by atoms with van der Waals surface area (Å²) in [4.78, 5) is 25.3. The highest BCUT2D eigenvalue weighted by atomic mass is 79.9. The predicted octanol–water partition coefficient (Wildman–Crippen LogP) is 4.33. The highest BCUT2D eigenvalue weighted by Crippen LogP contribution is 2.35. The zero-order chi connectivity index (χ0) is 17.3. The molecule has 24 heavy (non-hydrogen) atoms. The lowest BCUT2D eigenvalue weighted by Gasteiger charge is -2.38. The molecule has 1 atom stereocenters. The van der Waals surface area contributed by atoms with Gasteiger partial charge >= 0.3 is 0 Å². The van der Waals surface area contributed by atoms with Crippen LogP contribution in [0.3, 0.4) is 0 Å². The van der Waals surface area contributed by atoms with Crippen molar-refractivity contribution in [2.75, 3.05) is 11.9 Å². The highest BCUT2D eigenvalue weighted by Gasteiger charge is 2.33. The number of amides is 1. The summed E-state index contributed by atoms with van der Waals surface area (Å²) >= 11 is 3.20. The Morgan fingerprint density at radius 1 is 1.29 bits per heavy atom. The fourth-order valence-electron chi connectivity index (χ4n) is 2.87. The van der Waals surface area contributed by atoms with Gasteiger partial charge in [0.15, 0.2) is 0 Å². The summed E-state index contributed by atoms with van der Waals surface area (Å²) in [5.74, 6) is -0.0678. The number of hydrogen-bond acceptors (Lipinski definition) is 4. The van der Waals surface area contributed by atoms with Gasteiger partial charge in [-0.15, -0.1) is 0 Å². The van der Waals surface area contributed by atoms with Crippen LogP contribution in [0.15, 0.2) is 46.9 Å². The Kier molecular flexibility index (Phi) is 4.53. The molecule has 6 nitrogen and oxygen atoms in total. The third-order valence-corrected chi connectivity index (χ3v) is 4.64. The molecule has 1 aliphatic rings. The second-order valence-corrected chi connectivity index (χ2v) is 6.41. The number of carbonyl (C=O) groups is 1. The van der Waals surface area contributed by atoms with Crippen LogP contribution >= 0.6 is 15.9 Å². The summed E-state index contributed by atoms with van der Waals surface area (Å²) in [7, 11) is 0. The van der Waals surface area contributed by atoms with E-state index in [-0.39, 0.29) is 11.6 Å². The number of nitro benzene ring substituents is 1. The molecule has 1 N–H and O–H groups in total. The number of rotatable bonds is 4. The van der Waals surface area contributed by atoms with E-state index in [4.69, 9.17) is 0 Å². The van der Waals surface area contributed by atoms with Gasteiger partial charge in [0.2, 0.25) is 0 Å². The molecule has 2 aromatic rings. The van der Waals surface area contributed by atoms with Crippen molar-refractivity contribution < 1.29 is 9.72 Å². The summed E-state index contributed by atoms with van der Waals surface area (Å²) in [6, 6.07) is 12.3. The number of benzene rings is 2. The quantitative estimate of drug-likeness (QED) is 0.623. The van der Waals surface area contributed by atoms with Crippen molar-refractivity contribution in [3.05, 3.63) is 68.2 Å². The van der Waals surface area contributed by atoms with Crippen molar-refractivity contribution >= 4 is 33.2 Å². The molecule has 0 spiro atoms. The minimum atomic E-state index is -0.434. The van der Waals surface area contributed by atoms with Gasteiger partial charge in [0.05, 0.1) is 15.0 Å². The second kappa shape index (κ2) is 6.60. The van der Waals surface area contributed by atoms with Crippen molar-refractivity contribution in [1.82, 2.24) is 4.90 Å². The normalized spacial score (nSPS) is 16.5. The number of nitrogens with zero attached hydrogens (tertiary/aromatic N) is 2. The first-order chi connectivity index (χ1) is 11.5. The molecule has 1 heterocycles. The van der Waals surface area contributed by atoms with Crippen LogP contribution in [0.4, 0.5) is 11.4 Å². The van der Waals surface area contributed by atoms with Crippen LogP contribution in [0.1, 0.15) is 35.4 Å². The number of fused-ring (bicyclic) bond motifs is 1. The molecule has 0 fully saturated rings. The summed E-state index contributed by atoms with van der Waals surface area (Å²) in [5, 5.41) is 14.5. The first-order valence-electron chi connectivity index (χ1n) is 7.63. The number of nitrogens with one attached hydrogen (secondary N) is 1. The van der Waals surface area contributed by atoms with Gasteiger partial charge in [-0.2, -0.15) is 0 Å². The third-order valence-electron chi connectivity index (χ3n) is 3.97. The van der Waals surface area contributed by atoms with Gasteiger partial charge in [-0.25, -0.2) is 0 Å². The maximum atomic E-state index is 12.8. The average Bonchev–Trinajstić information content (AvgIpc) is 2.57. The number of nitro groups is 1. The van der Waals surface area contributed by atoms with Crippen molar-refractivity contribution in [1.29, 1.82) is 0 Å². The molecule has 0 radical (unpaired) electrons. The molecule has 7 heteroatoms. The topological polar surface area (TPSA) is 75.5 Å². The van der Waals surface area contributed by atoms with Crippen molar-refractivity contribution in [2.45, 2.75) is 19.5 Å². The van der Waals surface area contributed by atoms with Gasteiger partial charge in [0, 0.05) is 23.9 Å². The molecule has 2 aromatic carbocycles. The summed E-state index contributed by atoms with van der Waals surface area (Å²) in [6.07, 6.45) is 0.365. The van der Waals surface area contributed by atoms with Crippen LogP contribution < -0.4 is 5.32 Å². The summed E-state index contributed by atoms with van der Waals surface area (Å²) < 4.78 is 0.417. The van der Waals surface area contributed by atoms with E-state index in [2.05, 4.69) is 21.2 Å². The van der Waals surface area contributed by atoms with Crippen LogP contribution in [0.25, 0.3) is 0 Å². The lowest BCUT2D eigenvalue weighted by Crippen LogP contribution is -2.43. The van der Waals surface area contributed by atoms with Crippen molar-refractivity contribution in [2.24, 2.45) is 0 Å². The lowest BCUT2D eigenvalue weighted by molar-refractivity contribution is -0.385. The monoisotopic (exact) mass is 389 g/mol. The number of halogens is 1. The number of carbonyl (C=O) groups excluding carboxylic acids is 1. The molecule has 0 bridgehead atoms. The molecular formula is C17H16BrN3O3.